The summed E-state index contributed by atoms with van der Waals surface area (Å²) in [6.07, 6.45) is 3.20. The number of rotatable bonds is 7. The zero-order valence-corrected chi connectivity index (χ0v) is 12.7. The van der Waals surface area contributed by atoms with E-state index in [0.717, 1.165) is 12.0 Å². The molecule has 0 aliphatic heterocycles. The molecule has 1 aromatic carbocycles. The van der Waals surface area contributed by atoms with E-state index in [9.17, 15) is 9.50 Å². The van der Waals surface area contributed by atoms with Gasteiger partial charge in [-0.1, -0.05) is 26.0 Å². The van der Waals surface area contributed by atoms with E-state index in [1.54, 1.807) is 0 Å². The Morgan fingerprint density at radius 3 is 2.40 bits per heavy atom. The summed E-state index contributed by atoms with van der Waals surface area (Å²) < 4.78 is 13.0. The van der Waals surface area contributed by atoms with Crippen LogP contribution in [0, 0.1) is 17.7 Å². The number of hydrogen-bond acceptors (Lipinski definition) is 2. The molecule has 1 aromatic rings. The van der Waals surface area contributed by atoms with Crippen molar-refractivity contribution in [1.29, 1.82) is 0 Å². The minimum Gasteiger partial charge on any atom is -0.389 e. The first-order valence-electron chi connectivity index (χ1n) is 7.58. The van der Waals surface area contributed by atoms with Crippen LogP contribution in [0.25, 0.3) is 0 Å². The molecule has 112 valence electrons. The molecule has 0 radical (unpaired) electrons. The summed E-state index contributed by atoms with van der Waals surface area (Å²) in [6.45, 7) is 6.69. The van der Waals surface area contributed by atoms with Crippen LogP contribution in [0.4, 0.5) is 4.39 Å². The Kier molecular flexibility index (Phi) is 4.82. The molecule has 0 bridgehead atoms. The number of hydrogen-bond donors (Lipinski definition) is 2. The molecule has 0 amide bonds. The van der Waals surface area contributed by atoms with E-state index in [1.807, 2.05) is 19.1 Å². The summed E-state index contributed by atoms with van der Waals surface area (Å²) in [5.41, 5.74) is 0.427. The third kappa shape index (κ3) is 4.57. The molecular formula is C17H26FNO. The predicted molar refractivity (Wildman–Crippen MR) is 79.9 cm³/mol. The lowest BCUT2D eigenvalue weighted by molar-refractivity contribution is 0.0351. The third-order valence-corrected chi connectivity index (χ3v) is 3.87. The van der Waals surface area contributed by atoms with Crippen LogP contribution >= 0.6 is 0 Å². The van der Waals surface area contributed by atoms with Crippen molar-refractivity contribution in [2.75, 3.05) is 6.54 Å². The molecule has 1 aliphatic rings. The Morgan fingerprint density at radius 1 is 1.30 bits per heavy atom. The fraction of sp³-hybridized carbons (Fsp3) is 0.647. The average Bonchev–Trinajstić information content (AvgIpc) is 3.14. The van der Waals surface area contributed by atoms with Gasteiger partial charge in [-0.25, -0.2) is 4.39 Å². The lowest BCUT2D eigenvalue weighted by atomic mass is 9.93. The lowest BCUT2D eigenvalue weighted by Gasteiger charge is -2.29. The number of halogens is 1. The standard InChI is InChI=1S/C17H26FNO/c1-12(2)10-17(3,20)11-19-16(13-4-5-13)14-6-8-15(18)9-7-14/h6-9,12-13,16,19-20H,4-5,10-11H2,1-3H3. The van der Waals surface area contributed by atoms with Gasteiger partial charge in [0, 0.05) is 12.6 Å². The first-order valence-corrected chi connectivity index (χ1v) is 7.58. The van der Waals surface area contributed by atoms with Crippen molar-refractivity contribution in [3.05, 3.63) is 35.6 Å². The van der Waals surface area contributed by atoms with Gasteiger partial charge in [-0.15, -0.1) is 0 Å². The highest BCUT2D eigenvalue weighted by molar-refractivity contribution is 5.22. The molecular weight excluding hydrogens is 253 g/mol. The van der Waals surface area contributed by atoms with Crippen LogP contribution in [0.2, 0.25) is 0 Å². The van der Waals surface area contributed by atoms with Gasteiger partial charge in [0.05, 0.1) is 5.60 Å². The molecule has 2 N–H and O–H groups in total. The van der Waals surface area contributed by atoms with Gasteiger partial charge in [0.25, 0.3) is 0 Å². The van der Waals surface area contributed by atoms with Gasteiger partial charge in [-0.05, 0) is 55.7 Å². The normalized spacial score (nSPS) is 19.9. The largest absolute Gasteiger partial charge is 0.389 e. The van der Waals surface area contributed by atoms with Gasteiger partial charge in [-0.2, -0.15) is 0 Å². The molecule has 0 heterocycles. The second-order valence-corrected chi connectivity index (χ2v) is 6.84. The molecule has 0 aromatic heterocycles. The average molecular weight is 279 g/mol. The molecule has 1 saturated carbocycles. The van der Waals surface area contributed by atoms with E-state index in [1.165, 1.54) is 25.0 Å². The Morgan fingerprint density at radius 2 is 1.90 bits per heavy atom. The highest BCUT2D eigenvalue weighted by atomic mass is 19.1. The maximum Gasteiger partial charge on any atom is 0.123 e. The van der Waals surface area contributed by atoms with Crippen molar-refractivity contribution in [2.45, 2.75) is 51.7 Å². The van der Waals surface area contributed by atoms with Gasteiger partial charge < -0.3 is 10.4 Å². The second kappa shape index (κ2) is 6.23. The summed E-state index contributed by atoms with van der Waals surface area (Å²) in [4.78, 5) is 0. The molecule has 20 heavy (non-hydrogen) atoms. The highest BCUT2D eigenvalue weighted by Crippen LogP contribution is 2.41. The summed E-state index contributed by atoms with van der Waals surface area (Å²) in [5.74, 6) is 0.891. The van der Waals surface area contributed by atoms with Crippen molar-refractivity contribution < 1.29 is 9.50 Å². The molecule has 1 fully saturated rings. The van der Waals surface area contributed by atoms with Crippen molar-refractivity contribution in [1.82, 2.24) is 5.32 Å². The quantitative estimate of drug-likeness (QED) is 0.798. The summed E-state index contributed by atoms with van der Waals surface area (Å²) >= 11 is 0. The van der Waals surface area contributed by atoms with Crippen LogP contribution in [0.3, 0.4) is 0 Å². The zero-order chi connectivity index (χ0) is 14.8. The van der Waals surface area contributed by atoms with Gasteiger partial charge in [-0.3, -0.25) is 0 Å². The van der Waals surface area contributed by atoms with E-state index in [2.05, 4.69) is 19.2 Å². The SMILES string of the molecule is CC(C)CC(C)(O)CNC(c1ccc(F)cc1)C1CC1. The Balaban J connectivity index is 1.98. The Labute approximate surface area is 121 Å². The minimum atomic E-state index is -0.693. The number of aliphatic hydroxyl groups is 1. The monoisotopic (exact) mass is 279 g/mol. The van der Waals surface area contributed by atoms with Crippen LogP contribution in [0.15, 0.2) is 24.3 Å². The number of nitrogens with one attached hydrogen (secondary N) is 1. The summed E-state index contributed by atoms with van der Waals surface area (Å²) in [6, 6.07) is 6.96. The van der Waals surface area contributed by atoms with Gasteiger partial charge in [0.2, 0.25) is 0 Å². The molecule has 0 spiro atoms. The van der Waals surface area contributed by atoms with Crippen LogP contribution in [-0.4, -0.2) is 17.3 Å². The number of benzene rings is 1. The van der Waals surface area contributed by atoms with Crippen LogP contribution < -0.4 is 5.32 Å². The molecule has 0 saturated heterocycles. The van der Waals surface area contributed by atoms with E-state index in [-0.39, 0.29) is 11.9 Å². The molecule has 2 atom stereocenters. The van der Waals surface area contributed by atoms with Crippen molar-refractivity contribution in [2.24, 2.45) is 11.8 Å². The van der Waals surface area contributed by atoms with Gasteiger partial charge >= 0.3 is 0 Å². The van der Waals surface area contributed by atoms with Crippen molar-refractivity contribution in [3.8, 4) is 0 Å². The van der Waals surface area contributed by atoms with E-state index >= 15 is 0 Å². The maximum atomic E-state index is 13.0. The zero-order valence-electron chi connectivity index (χ0n) is 12.7. The first-order chi connectivity index (χ1) is 9.37. The van der Waals surface area contributed by atoms with Crippen LogP contribution in [0.5, 0.6) is 0 Å². The fourth-order valence-corrected chi connectivity index (χ4v) is 2.94. The van der Waals surface area contributed by atoms with Crippen LogP contribution in [-0.2, 0) is 0 Å². The van der Waals surface area contributed by atoms with E-state index < -0.39 is 5.60 Å². The summed E-state index contributed by atoms with van der Waals surface area (Å²) in [7, 11) is 0. The van der Waals surface area contributed by atoms with Crippen molar-refractivity contribution >= 4 is 0 Å². The predicted octanol–water partition coefficient (Wildman–Crippen LogP) is 3.66. The van der Waals surface area contributed by atoms with Crippen LogP contribution in [0.1, 0.15) is 51.6 Å². The Bertz CT molecular complexity index is 423. The smallest absolute Gasteiger partial charge is 0.123 e. The maximum absolute atomic E-state index is 13.0. The van der Waals surface area contributed by atoms with Crippen molar-refractivity contribution in [3.63, 3.8) is 0 Å². The Hall–Kier alpha value is -0.930. The first kappa shape index (κ1) is 15.5. The molecule has 2 nitrogen and oxygen atoms in total. The van der Waals surface area contributed by atoms with E-state index in [0.29, 0.717) is 18.4 Å². The second-order valence-electron chi connectivity index (χ2n) is 6.84. The van der Waals surface area contributed by atoms with Gasteiger partial charge in [0.15, 0.2) is 0 Å². The summed E-state index contributed by atoms with van der Waals surface area (Å²) in [5, 5.41) is 13.9. The molecule has 2 unspecified atom stereocenters. The molecule has 3 heteroatoms. The van der Waals surface area contributed by atoms with E-state index in [4.69, 9.17) is 0 Å². The fourth-order valence-electron chi connectivity index (χ4n) is 2.94. The minimum absolute atomic E-state index is 0.199. The topological polar surface area (TPSA) is 32.3 Å². The lowest BCUT2D eigenvalue weighted by Crippen LogP contribution is -2.41. The third-order valence-electron chi connectivity index (χ3n) is 3.87. The van der Waals surface area contributed by atoms with Gasteiger partial charge in [0.1, 0.15) is 5.82 Å². The molecule has 1 aliphatic carbocycles. The highest BCUT2D eigenvalue weighted by Gasteiger charge is 2.33. The molecule has 2 rings (SSSR count).